The average molecular weight is 264 g/mol. The lowest BCUT2D eigenvalue weighted by atomic mass is 10.2. The van der Waals surface area contributed by atoms with Gasteiger partial charge in [-0.1, -0.05) is 6.92 Å². The predicted molar refractivity (Wildman–Crippen MR) is 70.0 cm³/mol. The van der Waals surface area contributed by atoms with E-state index in [-0.39, 0.29) is 5.91 Å². The molecule has 1 aromatic heterocycles. The van der Waals surface area contributed by atoms with Crippen LogP contribution in [0.25, 0.3) is 10.1 Å². The molecule has 0 saturated heterocycles. The van der Waals surface area contributed by atoms with Crippen LogP contribution in [-0.4, -0.2) is 17.0 Å². The largest absolute Gasteiger partial charge is 0.326 e. The van der Waals surface area contributed by atoms with Crippen molar-refractivity contribution in [1.29, 1.82) is 0 Å². The van der Waals surface area contributed by atoms with Crippen molar-refractivity contribution in [3.05, 3.63) is 29.1 Å². The Labute approximate surface area is 107 Å². The van der Waals surface area contributed by atoms with Crippen molar-refractivity contribution in [1.82, 2.24) is 5.48 Å². The second kappa shape index (κ2) is 5.16. The van der Waals surface area contributed by atoms with Crippen LogP contribution in [-0.2, 0) is 4.79 Å². The van der Waals surface area contributed by atoms with Gasteiger partial charge in [-0.25, -0.2) is 5.48 Å². The van der Waals surface area contributed by atoms with Gasteiger partial charge in [0, 0.05) is 16.8 Å². The summed E-state index contributed by atoms with van der Waals surface area (Å²) in [6.07, 6.45) is 0.417. The van der Waals surface area contributed by atoms with Crippen LogP contribution in [0.15, 0.2) is 24.3 Å². The maximum atomic E-state index is 11.3. The standard InChI is InChI=1S/C12H12N2O3S/c1-2-11(15)13-8-3-4-9-7(5-8)6-10(18-9)12(16)14-17/h3-6,17H,2H2,1H3,(H,13,15)(H,14,16). The van der Waals surface area contributed by atoms with Crippen molar-refractivity contribution in [3.8, 4) is 0 Å². The molecule has 2 rings (SSSR count). The molecule has 0 spiro atoms. The maximum absolute atomic E-state index is 11.3. The average Bonchev–Trinajstić information content (AvgIpc) is 2.80. The fraction of sp³-hybridized carbons (Fsp3) is 0.167. The molecular formula is C12H12N2O3S. The molecule has 0 saturated carbocycles. The lowest BCUT2D eigenvalue weighted by molar-refractivity contribution is -0.115. The number of benzene rings is 1. The highest BCUT2D eigenvalue weighted by Gasteiger charge is 2.09. The number of carbonyl (C=O) groups is 2. The number of fused-ring (bicyclic) bond motifs is 1. The molecule has 3 N–H and O–H groups in total. The number of anilines is 1. The molecule has 94 valence electrons. The van der Waals surface area contributed by atoms with Gasteiger partial charge in [0.25, 0.3) is 5.91 Å². The lowest BCUT2D eigenvalue weighted by Crippen LogP contribution is -2.16. The van der Waals surface area contributed by atoms with Gasteiger partial charge in [0.15, 0.2) is 0 Å². The first kappa shape index (κ1) is 12.5. The SMILES string of the molecule is CCC(=O)Nc1ccc2sc(C(=O)NO)cc2c1. The maximum Gasteiger partial charge on any atom is 0.284 e. The lowest BCUT2D eigenvalue weighted by Gasteiger charge is -2.02. The van der Waals surface area contributed by atoms with E-state index in [1.165, 1.54) is 11.3 Å². The summed E-state index contributed by atoms with van der Waals surface area (Å²) in [6.45, 7) is 1.78. The fourth-order valence-corrected chi connectivity index (χ4v) is 2.47. The van der Waals surface area contributed by atoms with Crippen LogP contribution in [0.4, 0.5) is 5.69 Å². The van der Waals surface area contributed by atoms with Gasteiger partial charge < -0.3 is 5.32 Å². The summed E-state index contributed by atoms with van der Waals surface area (Å²) in [7, 11) is 0. The van der Waals surface area contributed by atoms with Gasteiger partial charge >= 0.3 is 0 Å². The molecule has 0 bridgehead atoms. The fourth-order valence-electron chi connectivity index (χ4n) is 1.54. The van der Waals surface area contributed by atoms with E-state index in [4.69, 9.17) is 5.21 Å². The molecular weight excluding hydrogens is 252 g/mol. The number of thiophene rings is 1. The smallest absolute Gasteiger partial charge is 0.284 e. The minimum Gasteiger partial charge on any atom is -0.326 e. The first-order valence-electron chi connectivity index (χ1n) is 5.42. The van der Waals surface area contributed by atoms with Gasteiger partial charge in [-0.3, -0.25) is 14.8 Å². The van der Waals surface area contributed by atoms with Gasteiger partial charge in [-0.15, -0.1) is 11.3 Å². The Morgan fingerprint density at radius 2 is 2.11 bits per heavy atom. The van der Waals surface area contributed by atoms with E-state index in [2.05, 4.69) is 5.32 Å². The summed E-state index contributed by atoms with van der Waals surface area (Å²) in [5.41, 5.74) is 2.30. The summed E-state index contributed by atoms with van der Waals surface area (Å²) in [6, 6.07) is 7.09. The van der Waals surface area contributed by atoms with Crippen LogP contribution in [0.1, 0.15) is 23.0 Å². The van der Waals surface area contributed by atoms with E-state index < -0.39 is 5.91 Å². The monoisotopic (exact) mass is 264 g/mol. The zero-order valence-corrected chi connectivity index (χ0v) is 10.5. The normalized spacial score (nSPS) is 10.3. The molecule has 0 radical (unpaired) electrons. The minimum atomic E-state index is -0.532. The number of carbonyl (C=O) groups excluding carboxylic acids is 2. The van der Waals surface area contributed by atoms with Gasteiger partial charge in [-0.2, -0.15) is 0 Å². The van der Waals surface area contributed by atoms with Gasteiger partial charge in [0.05, 0.1) is 4.88 Å². The number of hydrogen-bond donors (Lipinski definition) is 3. The van der Waals surface area contributed by atoms with Crippen LogP contribution >= 0.6 is 11.3 Å². The van der Waals surface area contributed by atoms with E-state index >= 15 is 0 Å². The van der Waals surface area contributed by atoms with Crippen molar-refractivity contribution >= 4 is 38.9 Å². The molecule has 1 aromatic carbocycles. The summed E-state index contributed by atoms with van der Waals surface area (Å²) in [5.74, 6) is -0.590. The van der Waals surface area contributed by atoms with E-state index in [0.29, 0.717) is 17.0 Å². The first-order chi connectivity index (χ1) is 8.63. The molecule has 2 amide bonds. The molecule has 0 aliphatic heterocycles. The first-order valence-corrected chi connectivity index (χ1v) is 6.23. The van der Waals surface area contributed by atoms with Crippen LogP contribution in [0.5, 0.6) is 0 Å². The molecule has 18 heavy (non-hydrogen) atoms. The summed E-state index contributed by atoms with van der Waals surface area (Å²) >= 11 is 1.28. The number of hydrogen-bond acceptors (Lipinski definition) is 4. The Morgan fingerprint density at radius 3 is 2.78 bits per heavy atom. The quantitative estimate of drug-likeness (QED) is 0.588. The molecule has 2 aromatic rings. The third-order valence-electron chi connectivity index (χ3n) is 2.45. The third-order valence-corrected chi connectivity index (χ3v) is 3.56. The second-order valence-corrected chi connectivity index (χ2v) is 4.79. The molecule has 0 fully saturated rings. The molecule has 0 aliphatic rings. The van der Waals surface area contributed by atoms with Gasteiger partial charge in [0.1, 0.15) is 0 Å². The molecule has 1 heterocycles. The van der Waals surface area contributed by atoms with Crippen LogP contribution < -0.4 is 10.8 Å². The van der Waals surface area contributed by atoms with E-state index in [0.717, 1.165) is 10.1 Å². The molecule has 6 heteroatoms. The van der Waals surface area contributed by atoms with Crippen molar-refractivity contribution in [2.75, 3.05) is 5.32 Å². The summed E-state index contributed by atoms with van der Waals surface area (Å²) in [5, 5.41) is 12.2. The predicted octanol–water partition coefficient (Wildman–Crippen LogP) is 2.37. The van der Waals surface area contributed by atoms with Crippen molar-refractivity contribution in [3.63, 3.8) is 0 Å². The number of rotatable bonds is 3. The Kier molecular flexibility index (Phi) is 3.59. The second-order valence-electron chi connectivity index (χ2n) is 3.71. The minimum absolute atomic E-state index is 0.0575. The zero-order valence-electron chi connectivity index (χ0n) is 9.69. The van der Waals surface area contributed by atoms with E-state index in [9.17, 15) is 9.59 Å². The van der Waals surface area contributed by atoms with Crippen LogP contribution in [0.3, 0.4) is 0 Å². The van der Waals surface area contributed by atoms with Crippen molar-refractivity contribution in [2.45, 2.75) is 13.3 Å². The molecule has 0 aliphatic carbocycles. The molecule has 0 atom stereocenters. The zero-order chi connectivity index (χ0) is 13.1. The molecule has 0 unspecified atom stereocenters. The van der Waals surface area contributed by atoms with Crippen molar-refractivity contribution in [2.24, 2.45) is 0 Å². The Hall–Kier alpha value is -1.92. The number of hydroxylamine groups is 1. The number of amides is 2. The summed E-state index contributed by atoms with van der Waals surface area (Å²) < 4.78 is 0.920. The van der Waals surface area contributed by atoms with Gasteiger partial charge in [0.2, 0.25) is 5.91 Å². The highest BCUT2D eigenvalue weighted by Crippen LogP contribution is 2.28. The third kappa shape index (κ3) is 2.49. The molecule has 5 nitrogen and oxygen atoms in total. The van der Waals surface area contributed by atoms with E-state index in [1.54, 1.807) is 30.6 Å². The Bertz CT molecular complexity index is 606. The van der Waals surface area contributed by atoms with Crippen LogP contribution in [0.2, 0.25) is 0 Å². The Morgan fingerprint density at radius 1 is 1.33 bits per heavy atom. The van der Waals surface area contributed by atoms with Gasteiger partial charge in [-0.05, 0) is 29.7 Å². The highest BCUT2D eigenvalue weighted by atomic mass is 32.1. The van der Waals surface area contributed by atoms with E-state index in [1.807, 2.05) is 6.07 Å². The summed E-state index contributed by atoms with van der Waals surface area (Å²) in [4.78, 5) is 23.0. The number of nitrogens with one attached hydrogen (secondary N) is 2. The van der Waals surface area contributed by atoms with Crippen molar-refractivity contribution < 1.29 is 14.8 Å². The Balaban J connectivity index is 2.33. The highest BCUT2D eigenvalue weighted by molar-refractivity contribution is 7.20. The topological polar surface area (TPSA) is 78.4 Å². The van der Waals surface area contributed by atoms with Crippen LogP contribution in [0, 0.1) is 0 Å².